The van der Waals surface area contributed by atoms with E-state index in [0.717, 1.165) is 24.0 Å². The summed E-state index contributed by atoms with van der Waals surface area (Å²) in [6.45, 7) is 14.1. The SMILES string of the molecule is CCNCC.CCOC(=O)c1c(C)nc2cc(OC)c(OC)cc2c1-c1ccc(OC)c(OC(C)C)c1.Cl.Cl. The maximum Gasteiger partial charge on any atom is 0.340 e. The van der Waals surface area contributed by atoms with Gasteiger partial charge in [-0.15, -0.1) is 24.8 Å². The van der Waals surface area contributed by atoms with E-state index in [0.29, 0.717) is 45.3 Å². The molecule has 1 heterocycles. The van der Waals surface area contributed by atoms with E-state index >= 15 is 0 Å². The van der Waals surface area contributed by atoms with Crippen LogP contribution in [0.25, 0.3) is 22.0 Å². The Balaban J connectivity index is 0.00000189. The zero-order valence-electron chi connectivity index (χ0n) is 24.3. The van der Waals surface area contributed by atoms with Crippen LogP contribution in [0.15, 0.2) is 30.3 Å². The fraction of sp³-hybridized carbons (Fsp3) is 0.448. The molecule has 3 aromatic rings. The summed E-state index contributed by atoms with van der Waals surface area (Å²) in [4.78, 5) is 17.7. The maximum atomic E-state index is 13.0. The first-order valence-electron chi connectivity index (χ1n) is 12.5. The fourth-order valence-corrected chi connectivity index (χ4v) is 3.89. The van der Waals surface area contributed by atoms with Gasteiger partial charge in [0.25, 0.3) is 0 Å². The standard InChI is InChI=1S/C25H29NO6.C4H11N.2ClH/c1-8-31-25(27)23-15(4)26-18-13-21(30-7)20(29-6)12-17(18)24(23)16-9-10-19(28-5)22(11-16)32-14(2)3;1-3-5-4-2;;/h9-14H,8H2,1-7H3;5H,3-4H2,1-2H3;2*1H. The Bertz CT molecular complexity index is 1200. The lowest BCUT2D eigenvalue weighted by atomic mass is 9.93. The molecule has 1 aromatic heterocycles. The normalized spacial score (nSPS) is 10.0. The molecule has 0 saturated heterocycles. The number of ether oxygens (including phenoxy) is 5. The number of rotatable bonds is 10. The molecule has 1 N–H and O–H groups in total. The number of fused-ring (bicyclic) bond motifs is 1. The van der Waals surface area contributed by atoms with Crippen LogP contribution in [0.2, 0.25) is 0 Å². The van der Waals surface area contributed by atoms with Crippen molar-refractivity contribution in [3.63, 3.8) is 0 Å². The molecule has 0 saturated carbocycles. The third-order valence-electron chi connectivity index (χ3n) is 5.47. The summed E-state index contributed by atoms with van der Waals surface area (Å²) in [6, 6.07) is 9.21. The molecule has 0 aliphatic heterocycles. The molecule has 0 aliphatic rings. The van der Waals surface area contributed by atoms with Crippen molar-refractivity contribution in [1.82, 2.24) is 10.3 Å². The Kier molecular flexibility index (Phi) is 16.3. The number of aromatic nitrogens is 1. The van der Waals surface area contributed by atoms with Crippen molar-refractivity contribution >= 4 is 41.7 Å². The van der Waals surface area contributed by atoms with E-state index < -0.39 is 5.97 Å². The number of esters is 1. The highest BCUT2D eigenvalue weighted by molar-refractivity contribution is 6.08. The largest absolute Gasteiger partial charge is 0.493 e. The number of nitrogens with zero attached hydrogens (tertiary/aromatic N) is 1. The number of halogens is 2. The van der Waals surface area contributed by atoms with Crippen molar-refractivity contribution in [1.29, 1.82) is 0 Å². The lowest BCUT2D eigenvalue weighted by molar-refractivity contribution is 0.0526. The average Bonchev–Trinajstić information content (AvgIpc) is 2.87. The minimum Gasteiger partial charge on any atom is -0.493 e. The van der Waals surface area contributed by atoms with Gasteiger partial charge in [0.05, 0.1) is 50.8 Å². The van der Waals surface area contributed by atoms with Crippen molar-refractivity contribution in [2.45, 2.75) is 47.6 Å². The Morgan fingerprint density at radius 3 is 1.95 bits per heavy atom. The van der Waals surface area contributed by atoms with E-state index in [1.165, 1.54) is 0 Å². The molecule has 0 bridgehead atoms. The molecule has 0 aliphatic carbocycles. The lowest BCUT2D eigenvalue weighted by Gasteiger charge is -2.19. The molecule has 39 heavy (non-hydrogen) atoms. The highest BCUT2D eigenvalue weighted by Crippen LogP contribution is 2.41. The molecule has 0 fully saturated rings. The first kappa shape index (κ1) is 36.1. The Morgan fingerprint density at radius 1 is 0.872 bits per heavy atom. The average molecular weight is 586 g/mol. The summed E-state index contributed by atoms with van der Waals surface area (Å²) >= 11 is 0. The van der Waals surface area contributed by atoms with Gasteiger partial charge >= 0.3 is 5.97 Å². The number of methoxy groups -OCH3 is 3. The maximum absolute atomic E-state index is 13.0. The third-order valence-corrected chi connectivity index (χ3v) is 5.47. The summed E-state index contributed by atoms with van der Waals surface area (Å²) < 4.78 is 27.8. The van der Waals surface area contributed by atoms with Gasteiger partial charge in [0, 0.05) is 17.0 Å². The van der Waals surface area contributed by atoms with Gasteiger partial charge in [0.2, 0.25) is 0 Å². The molecule has 2 aromatic carbocycles. The minimum atomic E-state index is -0.439. The summed E-state index contributed by atoms with van der Waals surface area (Å²) in [6.07, 6.45) is -0.0519. The molecule has 0 radical (unpaired) electrons. The van der Waals surface area contributed by atoms with Gasteiger partial charge in [-0.25, -0.2) is 4.79 Å². The van der Waals surface area contributed by atoms with Crippen molar-refractivity contribution in [3.8, 4) is 34.1 Å². The topological polar surface area (TPSA) is 88.1 Å². The van der Waals surface area contributed by atoms with Crippen LogP contribution in [-0.4, -0.2) is 58.1 Å². The zero-order valence-corrected chi connectivity index (χ0v) is 25.9. The smallest absolute Gasteiger partial charge is 0.340 e. The molecule has 0 unspecified atom stereocenters. The van der Waals surface area contributed by atoms with Crippen LogP contribution < -0.4 is 24.3 Å². The van der Waals surface area contributed by atoms with Crippen LogP contribution in [0.3, 0.4) is 0 Å². The second-order valence-electron chi connectivity index (χ2n) is 8.38. The predicted octanol–water partition coefficient (Wildman–Crippen LogP) is 6.66. The van der Waals surface area contributed by atoms with E-state index in [-0.39, 0.29) is 37.5 Å². The second kappa shape index (κ2) is 17.6. The molecule has 0 atom stereocenters. The van der Waals surface area contributed by atoms with Crippen LogP contribution >= 0.6 is 24.8 Å². The van der Waals surface area contributed by atoms with E-state index in [1.807, 2.05) is 38.1 Å². The fourth-order valence-electron chi connectivity index (χ4n) is 3.89. The number of carbonyl (C=O) groups is 1. The highest BCUT2D eigenvalue weighted by Gasteiger charge is 2.24. The number of aryl methyl sites for hydroxylation is 1. The summed E-state index contributed by atoms with van der Waals surface area (Å²) in [5.41, 5.74) is 3.08. The minimum absolute atomic E-state index is 0. The zero-order chi connectivity index (χ0) is 27.5. The Hall–Kier alpha value is -2.94. The monoisotopic (exact) mass is 584 g/mol. The summed E-state index contributed by atoms with van der Waals surface area (Å²) in [7, 11) is 4.73. The number of carbonyl (C=O) groups excluding carboxylic acids is 1. The molecular weight excluding hydrogens is 543 g/mol. The van der Waals surface area contributed by atoms with Crippen LogP contribution in [0.1, 0.15) is 50.7 Å². The summed E-state index contributed by atoms with van der Waals surface area (Å²) in [5, 5.41) is 3.84. The van der Waals surface area contributed by atoms with E-state index in [2.05, 4.69) is 24.1 Å². The quantitative estimate of drug-likeness (QED) is 0.265. The lowest BCUT2D eigenvalue weighted by Crippen LogP contribution is -2.11. The van der Waals surface area contributed by atoms with E-state index in [4.69, 9.17) is 23.7 Å². The van der Waals surface area contributed by atoms with Crippen LogP contribution in [0, 0.1) is 6.92 Å². The third kappa shape index (κ3) is 9.05. The van der Waals surface area contributed by atoms with Crippen LogP contribution in [-0.2, 0) is 4.74 Å². The highest BCUT2D eigenvalue weighted by atomic mass is 35.5. The molecule has 8 nitrogen and oxygen atoms in total. The van der Waals surface area contributed by atoms with E-state index in [1.54, 1.807) is 41.2 Å². The second-order valence-corrected chi connectivity index (χ2v) is 8.38. The van der Waals surface area contributed by atoms with Crippen molar-refractivity contribution in [2.75, 3.05) is 41.0 Å². The van der Waals surface area contributed by atoms with Gasteiger partial charge in [-0.2, -0.15) is 0 Å². The number of benzene rings is 2. The van der Waals surface area contributed by atoms with E-state index in [9.17, 15) is 4.79 Å². The van der Waals surface area contributed by atoms with Crippen LogP contribution in [0.4, 0.5) is 0 Å². The molecular formula is C29H42Cl2N2O6. The Morgan fingerprint density at radius 2 is 1.46 bits per heavy atom. The molecule has 3 rings (SSSR count). The van der Waals surface area contributed by atoms with Crippen molar-refractivity contribution < 1.29 is 28.5 Å². The number of nitrogens with one attached hydrogen (secondary N) is 1. The molecule has 10 heteroatoms. The van der Waals surface area contributed by atoms with Crippen molar-refractivity contribution in [3.05, 3.63) is 41.6 Å². The van der Waals surface area contributed by atoms with Gasteiger partial charge < -0.3 is 29.0 Å². The Labute approximate surface area is 244 Å². The number of hydrogen-bond acceptors (Lipinski definition) is 8. The van der Waals surface area contributed by atoms with Crippen LogP contribution in [0.5, 0.6) is 23.0 Å². The van der Waals surface area contributed by atoms with Gasteiger partial charge in [0.1, 0.15) is 0 Å². The molecule has 218 valence electrons. The molecule has 0 spiro atoms. The van der Waals surface area contributed by atoms with Crippen molar-refractivity contribution in [2.24, 2.45) is 0 Å². The first-order chi connectivity index (χ1) is 17.8. The predicted molar refractivity (Wildman–Crippen MR) is 162 cm³/mol. The van der Waals surface area contributed by atoms with Gasteiger partial charge in [-0.05, 0) is 64.5 Å². The van der Waals surface area contributed by atoms with Gasteiger partial charge in [-0.1, -0.05) is 19.9 Å². The van der Waals surface area contributed by atoms with Gasteiger partial charge in [0.15, 0.2) is 23.0 Å². The number of pyridine rings is 1. The number of hydrogen-bond donors (Lipinski definition) is 1. The summed E-state index contributed by atoms with van der Waals surface area (Å²) in [5.74, 6) is 1.84. The molecule has 0 amide bonds. The first-order valence-corrected chi connectivity index (χ1v) is 12.5. The van der Waals surface area contributed by atoms with Gasteiger partial charge in [-0.3, -0.25) is 4.98 Å².